The van der Waals surface area contributed by atoms with Crippen molar-refractivity contribution in [2.75, 3.05) is 0 Å². The predicted octanol–water partition coefficient (Wildman–Crippen LogP) is 6.37. The van der Waals surface area contributed by atoms with Crippen LogP contribution in [0.15, 0.2) is 54.6 Å². The molecule has 24 heavy (non-hydrogen) atoms. The van der Waals surface area contributed by atoms with Crippen LogP contribution in [0.3, 0.4) is 0 Å². The van der Waals surface area contributed by atoms with E-state index in [4.69, 9.17) is 39.5 Å². The van der Waals surface area contributed by atoms with Gasteiger partial charge in [0, 0.05) is 5.56 Å². The Labute approximate surface area is 154 Å². The highest BCUT2D eigenvalue weighted by Crippen LogP contribution is 2.32. The molecule has 0 radical (unpaired) electrons. The number of aromatic nitrogens is 1. The minimum atomic E-state index is 0.175. The highest BCUT2D eigenvalue weighted by Gasteiger charge is 2.12. The molecular formula is C18H9Cl3N2O. The fraction of sp³-hybridized carbons (Fsp3) is 0. The van der Waals surface area contributed by atoms with E-state index in [0.717, 1.165) is 5.56 Å². The molecule has 6 heteroatoms. The number of benzene rings is 2. The number of nitrogens with zero attached hydrogens (tertiary/aromatic N) is 2. The minimum absolute atomic E-state index is 0.175. The van der Waals surface area contributed by atoms with E-state index in [1.807, 2.05) is 0 Å². The highest BCUT2D eigenvalue weighted by molar-refractivity contribution is 6.42. The van der Waals surface area contributed by atoms with Crippen LogP contribution in [0.4, 0.5) is 0 Å². The summed E-state index contributed by atoms with van der Waals surface area (Å²) < 4.78 is 5.72. The van der Waals surface area contributed by atoms with E-state index in [-0.39, 0.29) is 5.88 Å². The molecule has 1 aromatic heterocycles. The molecule has 0 atom stereocenters. The van der Waals surface area contributed by atoms with Crippen LogP contribution < -0.4 is 4.74 Å². The SMILES string of the molecule is N#Cc1ccc(-c2ccc(Cl)c(Cl)c2)nc1Oc1ccccc1Cl. The first kappa shape index (κ1) is 16.6. The van der Waals surface area contributed by atoms with E-state index < -0.39 is 0 Å². The summed E-state index contributed by atoms with van der Waals surface area (Å²) in [5.74, 6) is 0.601. The van der Waals surface area contributed by atoms with E-state index in [9.17, 15) is 5.26 Å². The lowest BCUT2D eigenvalue weighted by atomic mass is 10.1. The largest absolute Gasteiger partial charge is 0.436 e. The summed E-state index contributed by atoms with van der Waals surface area (Å²) in [5, 5.41) is 10.6. The first-order valence-corrected chi connectivity index (χ1v) is 8.01. The van der Waals surface area contributed by atoms with E-state index in [0.29, 0.717) is 32.1 Å². The first-order valence-electron chi connectivity index (χ1n) is 6.87. The molecule has 1 heterocycles. The van der Waals surface area contributed by atoms with Gasteiger partial charge in [0.25, 0.3) is 0 Å². The fourth-order valence-electron chi connectivity index (χ4n) is 2.05. The third-order valence-corrected chi connectivity index (χ3v) is 4.29. The van der Waals surface area contributed by atoms with Crippen molar-refractivity contribution in [1.29, 1.82) is 5.26 Å². The zero-order valence-electron chi connectivity index (χ0n) is 12.1. The predicted molar refractivity (Wildman–Crippen MR) is 95.9 cm³/mol. The summed E-state index contributed by atoms with van der Waals surface area (Å²) in [6, 6.07) is 17.6. The summed E-state index contributed by atoms with van der Waals surface area (Å²) in [5.41, 5.74) is 1.67. The van der Waals surface area contributed by atoms with Gasteiger partial charge in [0.05, 0.1) is 20.8 Å². The summed E-state index contributed by atoms with van der Waals surface area (Å²) in [6.07, 6.45) is 0. The topological polar surface area (TPSA) is 45.9 Å². The molecule has 0 aliphatic rings. The average Bonchev–Trinajstić information content (AvgIpc) is 2.59. The van der Waals surface area contributed by atoms with Gasteiger partial charge in [-0.1, -0.05) is 53.0 Å². The number of hydrogen-bond acceptors (Lipinski definition) is 3. The number of pyridine rings is 1. The third-order valence-electron chi connectivity index (χ3n) is 3.24. The van der Waals surface area contributed by atoms with Crippen LogP contribution in [-0.2, 0) is 0 Å². The molecule has 0 N–H and O–H groups in total. The van der Waals surface area contributed by atoms with Crippen LogP contribution in [-0.4, -0.2) is 4.98 Å². The molecule has 0 bridgehead atoms. The van der Waals surface area contributed by atoms with Crippen molar-refractivity contribution in [1.82, 2.24) is 4.98 Å². The number of hydrogen-bond donors (Lipinski definition) is 0. The standard InChI is InChI=1S/C18H9Cl3N2O/c19-13-7-5-11(9-15(13)21)16-8-6-12(10-22)18(23-16)24-17-4-2-1-3-14(17)20/h1-9H. The molecule has 3 nitrogen and oxygen atoms in total. The van der Waals surface area contributed by atoms with Gasteiger partial charge >= 0.3 is 0 Å². The molecule has 0 aliphatic carbocycles. The van der Waals surface area contributed by atoms with Gasteiger partial charge in [-0.2, -0.15) is 5.26 Å². The van der Waals surface area contributed by atoms with Crippen LogP contribution in [0, 0.1) is 11.3 Å². The zero-order valence-corrected chi connectivity index (χ0v) is 14.4. The minimum Gasteiger partial charge on any atom is -0.436 e. The first-order chi connectivity index (χ1) is 11.6. The normalized spacial score (nSPS) is 10.2. The molecule has 118 valence electrons. The molecule has 0 saturated heterocycles. The lowest BCUT2D eigenvalue weighted by Crippen LogP contribution is -1.95. The van der Waals surface area contributed by atoms with Gasteiger partial charge in [0.1, 0.15) is 17.4 Å². The number of ether oxygens (including phenoxy) is 1. The van der Waals surface area contributed by atoms with E-state index in [1.165, 1.54) is 0 Å². The van der Waals surface area contributed by atoms with Gasteiger partial charge in [0.15, 0.2) is 0 Å². The molecule has 2 aromatic carbocycles. The molecule has 0 saturated carbocycles. The van der Waals surface area contributed by atoms with Crippen molar-refractivity contribution in [3.8, 4) is 29.0 Å². The molecule has 0 fully saturated rings. The Morgan fingerprint density at radius 1 is 0.875 bits per heavy atom. The second-order valence-corrected chi connectivity index (χ2v) is 6.04. The Balaban J connectivity index is 2.04. The van der Waals surface area contributed by atoms with E-state index in [1.54, 1.807) is 54.6 Å². The number of halogens is 3. The fourth-order valence-corrected chi connectivity index (χ4v) is 2.52. The van der Waals surface area contributed by atoms with Gasteiger partial charge in [-0.15, -0.1) is 0 Å². The average molecular weight is 376 g/mol. The lowest BCUT2D eigenvalue weighted by Gasteiger charge is -2.10. The van der Waals surface area contributed by atoms with Gasteiger partial charge in [-0.05, 0) is 36.4 Å². The van der Waals surface area contributed by atoms with Crippen LogP contribution in [0.25, 0.3) is 11.3 Å². The van der Waals surface area contributed by atoms with Crippen molar-refractivity contribution in [2.24, 2.45) is 0 Å². The van der Waals surface area contributed by atoms with Crippen LogP contribution in [0.2, 0.25) is 15.1 Å². The molecule has 0 aliphatic heterocycles. The van der Waals surface area contributed by atoms with Gasteiger partial charge in [-0.25, -0.2) is 4.98 Å². The van der Waals surface area contributed by atoms with Gasteiger partial charge in [0.2, 0.25) is 5.88 Å². The number of rotatable bonds is 3. The summed E-state index contributed by atoms with van der Waals surface area (Å²) >= 11 is 18.1. The lowest BCUT2D eigenvalue weighted by molar-refractivity contribution is 0.462. The zero-order chi connectivity index (χ0) is 17.1. The number of para-hydroxylation sites is 1. The van der Waals surface area contributed by atoms with Crippen LogP contribution in [0.1, 0.15) is 5.56 Å². The second kappa shape index (κ2) is 7.11. The maximum Gasteiger partial charge on any atom is 0.237 e. The summed E-state index contributed by atoms with van der Waals surface area (Å²) in [4.78, 5) is 4.42. The molecular weight excluding hydrogens is 367 g/mol. The third kappa shape index (κ3) is 3.47. The maximum atomic E-state index is 9.27. The molecule has 0 spiro atoms. The molecule has 0 amide bonds. The van der Waals surface area contributed by atoms with Crippen molar-refractivity contribution >= 4 is 34.8 Å². The number of nitriles is 1. The Morgan fingerprint density at radius 2 is 1.67 bits per heavy atom. The van der Waals surface area contributed by atoms with Crippen molar-refractivity contribution in [3.05, 3.63) is 75.2 Å². The van der Waals surface area contributed by atoms with Crippen molar-refractivity contribution in [3.63, 3.8) is 0 Å². The maximum absolute atomic E-state index is 9.27. The Bertz CT molecular complexity index is 951. The van der Waals surface area contributed by atoms with Gasteiger partial charge in [-0.3, -0.25) is 0 Å². The second-order valence-electron chi connectivity index (χ2n) is 4.82. The van der Waals surface area contributed by atoms with Crippen molar-refractivity contribution in [2.45, 2.75) is 0 Å². The van der Waals surface area contributed by atoms with Crippen molar-refractivity contribution < 1.29 is 4.74 Å². The van der Waals surface area contributed by atoms with E-state index in [2.05, 4.69) is 11.1 Å². The molecule has 0 unspecified atom stereocenters. The van der Waals surface area contributed by atoms with Gasteiger partial charge < -0.3 is 4.74 Å². The van der Waals surface area contributed by atoms with E-state index >= 15 is 0 Å². The quantitative estimate of drug-likeness (QED) is 0.534. The Kier molecular flexibility index (Phi) is 4.92. The Morgan fingerprint density at radius 3 is 2.38 bits per heavy atom. The van der Waals surface area contributed by atoms with Crippen LogP contribution >= 0.6 is 34.8 Å². The highest BCUT2D eigenvalue weighted by atomic mass is 35.5. The molecule has 3 aromatic rings. The summed E-state index contributed by atoms with van der Waals surface area (Å²) in [7, 11) is 0. The smallest absolute Gasteiger partial charge is 0.237 e. The Hall–Kier alpha value is -2.25. The van der Waals surface area contributed by atoms with Crippen LogP contribution in [0.5, 0.6) is 11.6 Å². The molecule has 3 rings (SSSR count). The summed E-state index contributed by atoms with van der Waals surface area (Å²) in [6.45, 7) is 0. The monoisotopic (exact) mass is 374 g/mol.